The van der Waals surface area contributed by atoms with Crippen molar-refractivity contribution in [3.05, 3.63) is 47.7 Å². The lowest BCUT2D eigenvalue weighted by Crippen LogP contribution is -2.32. The normalized spacial score (nSPS) is 11.4. The molecule has 1 aromatic heterocycles. The second-order valence-electron chi connectivity index (χ2n) is 6.88. The Labute approximate surface area is 181 Å². The number of carbonyl (C=O) groups excluding carboxylic acids is 1. The number of hydrogen-bond donors (Lipinski definition) is 2. The summed E-state index contributed by atoms with van der Waals surface area (Å²) in [5.74, 6) is 1.63. The molecule has 1 atom stereocenters. The van der Waals surface area contributed by atoms with Gasteiger partial charge < -0.3 is 25.0 Å². The average molecular weight is 432 g/mol. The van der Waals surface area contributed by atoms with E-state index in [1.807, 2.05) is 38.1 Å². The molecule has 0 aliphatic carbocycles. The maximum Gasteiger partial charge on any atom is 0.241 e. The van der Waals surface area contributed by atoms with Gasteiger partial charge in [-0.1, -0.05) is 11.2 Å². The van der Waals surface area contributed by atoms with Crippen LogP contribution in [0.4, 0.5) is 5.69 Å². The monoisotopic (exact) mass is 431 g/mol. The number of rotatable bonds is 6. The third kappa shape index (κ3) is 4.58. The first kappa shape index (κ1) is 23.3. The van der Waals surface area contributed by atoms with E-state index < -0.39 is 6.04 Å². The zero-order valence-electron chi connectivity index (χ0n) is 17.6. The quantitative estimate of drug-likeness (QED) is 0.601. The van der Waals surface area contributed by atoms with Crippen LogP contribution >= 0.6 is 12.4 Å². The Kier molecular flexibility index (Phi) is 7.48. The first-order valence-electron chi connectivity index (χ1n) is 9.20. The van der Waals surface area contributed by atoms with Crippen molar-refractivity contribution in [2.45, 2.75) is 26.8 Å². The lowest BCUT2D eigenvalue weighted by Gasteiger charge is -2.14. The van der Waals surface area contributed by atoms with Crippen molar-refractivity contribution in [1.82, 2.24) is 5.16 Å². The molecule has 7 nitrogen and oxygen atoms in total. The van der Waals surface area contributed by atoms with Crippen molar-refractivity contribution in [2.75, 3.05) is 19.5 Å². The number of aromatic nitrogens is 1. The molecule has 3 rings (SSSR count). The number of ether oxygens (including phenoxy) is 2. The Morgan fingerprint density at radius 3 is 2.43 bits per heavy atom. The van der Waals surface area contributed by atoms with Gasteiger partial charge in [-0.2, -0.15) is 0 Å². The molecule has 0 radical (unpaired) electrons. The van der Waals surface area contributed by atoms with Gasteiger partial charge in [-0.05, 0) is 61.7 Å². The topological polar surface area (TPSA) is 99.6 Å². The minimum absolute atomic E-state index is 0. The van der Waals surface area contributed by atoms with Crippen LogP contribution in [0.5, 0.6) is 11.5 Å². The highest BCUT2D eigenvalue weighted by Crippen LogP contribution is 2.38. The van der Waals surface area contributed by atoms with Crippen LogP contribution in [0.3, 0.4) is 0 Å². The molecule has 30 heavy (non-hydrogen) atoms. The Morgan fingerprint density at radius 2 is 1.80 bits per heavy atom. The van der Waals surface area contributed by atoms with Crippen LogP contribution in [-0.4, -0.2) is 31.3 Å². The Hall–Kier alpha value is -3.03. The van der Waals surface area contributed by atoms with Crippen LogP contribution < -0.4 is 20.5 Å². The van der Waals surface area contributed by atoms with Gasteiger partial charge in [0, 0.05) is 11.1 Å². The Bertz CT molecular complexity index is 1050. The molecule has 160 valence electrons. The summed E-state index contributed by atoms with van der Waals surface area (Å²) >= 11 is 0. The molecule has 3 aromatic rings. The molecule has 8 heteroatoms. The third-order valence-corrected chi connectivity index (χ3v) is 4.85. The zero-order chi connectivity index (χ0) is 21.1. The number of anilines is 1. The molecule has 0 spiro atoms. The summed E-state index contributed by atoms with van der Waals surface area (Å²) in [7, 11) is 3.19. The van der Waals surface area contributed by atoms with Crippen molar-refractivity contribution in [1.29, 1.82) is 0 Å². The van der Waals surface area contributed by atoms with E-state index in [1.165, 1.54) is 0 Å². The lowest BCUT2D eigenvalue weighted by atomic mass is 9.98. The highest BCUT2D eigenvalue weighted by Gasteiger charge is 2.18. The van der Waals surface area contributed by atoms with E-state index in [1.54, 1.807) is 33.4 Å². The third-order valence-electron chi connectivity index (χ3n) is 4.85. The summed E-state index contributed by atoms with van der Waals surface area (Å²) in [6.45, 7) is 5.65. The molecule has 0 saturated carbocycles. The van der Waals surface area contributed by atoms with Gasteiger partial charge in [-0.25, -0.2) is 0 Å². The standard InChI is InChI=1S/C22H25N3O4.ClH/c1-12-8-16(10-20(28-5)13(12)2)21-17(11-24-29-21)15-6-7-19(27-4)18(9-15)25-22(26)14(3)23;/h6-11,14H,23H2,1-5H3,(H,25,26);1H. The smallest absolute Gasteiger partial charge is 0.241 e. The summed E-state index contributed by atoms with van der Waals surface area (Å²) in [5.41, 5.74) is 10.8. The summed E-state index contributed by atoms with van der Waals surface area (Å²) in [6, 6.07) is 8.79. The summed E-state index contributed by atoms with van der Waals surface area (Å²) in [5, 5.41) is 6.79. The molecule has 0 aliphatic rings. The summed E-state index contributed by atoms with van der Waals surface area (Å²) in [4.78, 5) is 12.1. The maximum absolute atomic E-state index is 12.1. The van der Waals surface area contributed by atoms with Crippen LogP contribution in [0.2, 0.25) is 0 Å². The lowest BCUT2D eigenvalue weighted by molar-refractivity contribution is -0.117. The van der Waals surface area contributed by atoms with Gasteiger partial charge in [0.25, 0.3) is 0 Å². The fraction of sp³-hybridized carbons (Fsp3) is 0.273. The molecular weight excluding hydrogens is 406 g/mol. The summed E-state index contributed by atoms with van der Waals surface area (Å²) < 4.78 is 16.4. The van der Waals surface area contributed by atoms with E-state index in [2.05, 4.69) is 10.5 Å². The van der Waals surface area contributed by atoms with E-state index in [-0.39, 0.29) is 18.3 Å². The number of amides is 1. The molecule has 3 N–H and O–H groups in total. The highest BCUT2D eigenvalue weighted by atomic mass is 35.5. The van der Waals surface area contributed by atoms with E-state index in [0.29, 0.717) is 17.2 Å². The number of nitrogens with two attached hydrogens (primary N) is 1. The molecule has 0 saturated heterocycles. The number of halogens is 1. The fourth-order valence-electron chi connectivity index (χ4n) is 3.04. The molecule has 1 heterocycles. The second kappa shape index (κ2) is 9.65. The van der Waals surface area contributed by atoms with Gasteiger partial charge in [-0.3, -0.25) is 4.79 Å². The molecule has 0 bridgehead atoms. The van der Waals surface area contributed by atoms with Gasteiger partial charge in [0.2, 0.25) is 5.91 Å². The van der Waals surface area contributed by atoms with Gasteiger partial charge in [0.15, 0.2) is 5.76 Å². The van der Waals surface area contributed by atoms with E-state index in [9.17, 15) is 4.79 Å². The molecule has 1 amide bonds. The number of benzene rings is 2. The zero-order valence-corrected chi connectivity index (χ0v) is 18.4. The number of aryl methyl sites for hydroxylation is 1. The molecular formula is C22H26ClN3O4. The summed E-state index contributed by atoms with van der Waals surface area (Å²) in [6.07, 6.45) is 1.65. The maximum atomic E-state index is 12.1. The van der Waals surface area contributed by atoms with Crippen molar-refractivity contribution in [2.24, 2.45) is 5.73 Å². The number of nitrogens with one attached hydrogen (secondary N) is 1. The number of hydrogen-bond acceptors (Lipinski definition) is 6. The van der Waals surface area contributed by atoms with Crippen LogP contribution in [-0.2, 0) is 4.79 Å². The second-order valence-corrected chi connectivity index (χ2v) is 6.88. The SMILES string of the molecule is COc1ccc(-c2cnoc2-c2cc(C)c(C)c(OC)c2)cc1NC(=O)C(C)N.Cl. The molecule has 1 unspecified atom stereocenters. The van der Waals surface area contributed by atoms with Crippen molar-refractivity contribution in [3.8, 4) is 33.9 Å². The fourth-order valence-corrected chi connectivity index (χ4v) is 3.04. The van der Waals surface area contributed by atoms with Gasteiger partial charge >= 0.3 is 0 Å². The van der Waals surface area contributed by atoms with Crippen molar-refractivity contribution >= 4 is 24.0 Å². The van der Waals surface area contributed by atoms with Gasteiger partial charge in [0.1, 0.15) is 11.5 Å². The van der Waals surface area contributed by atoms with Crippen LogP contribution in [0.15, 0.2) is 41.1 Å². The Balaban J connectivity index is 0.00000320. The van der Waals surface area contributed by atoms with Gasteiger partial charge in [-0.15, -0.1) is 12.4 Å². The molecule has 0 aliphatic heterocycles. The predicted molar refractivity (Wildman–Crippen MR) is 119 cm³/mol. The minimum Gasteiger partial charge on any atom is -0.496 e. The predicted octanol–water partition coefficient (Wildman–Crippen LogP) is 4.35. The number of carbonyl (C=O) groups is 1. The first-order valence-corrected chi connectivity index (χ1v) is 9.20. The number of methoxy groups -OCH3 is 2. The number of nitrogens with zero attached hydrogens (tertiary/aromatic N) is 1. The van der Waals surface area contributed by atoms with Crippen molar-refractivity contribution in [3.63, 3.8) is 0 Å². The molecule has 2 aromatic carbocycles. The van der Waals surface area contributed by atoms with Crippen LogP contribution in [0.25, 0.3) is 22.5 Å². The largest absolute Gasteiger partial charge is 0.496 e. The molecule has 0 fully saturated rings. The average Bonchev–Trinajstić information content (AvgIpc) is 3.19. The van der Waals surface area contributed by atoms with E-state index in [4.69, 9.17) is 19.7 Å². The first-order chi connectivity index (χ1) is 13.8. The minimum atomic E-state index is -0.641. The van der Waals surface area contributed by atoms with Crippen LogP contribution in [0, 0.1) is 13.8 Å². The highest BCUT2D eigenvalue weighted by molar-refractivity contribution is 5.96. The van der Waals surface area contributed by atoms with Gasteiger partial charge in [0.05, 0.1) is 32.1 Å². The van der Waals surface area contributed by atoms with E-state index >= 15 is 0 Å². The Morgan fingerprint density at radius 1 is 1.10 bits per heavy atom. The van der Waals surface area contributed by atoms with Crippen LogP contribution in [0.1, 0.15) is 18.1 Å². The van der Waals surface area contributed by atoms with E-state index in [0.717, 1.165) is 33.6 Å². The van der Waals surface area contributed by atoms with Crippen molar-refractivity contribution < 1.29 is 18.8 Å².